The predicted molar refractivity (Wildman–Crippen MR) is 156 cm³/mol. The van der Waals surface area contributed by atoms with Gasteiger partial charge in [-0.15, -0.1) is 0 Å². The predicted octanol–water partition coefficient (Wildman–Crippen LogP) is 4.57. The van der Waals surface area contributed by atoms with Gasteiger partial charge in [0.15, 0.2) is 0 Å². The van der Waals surface area contributed by atoms with E-state index >= 15 is 0 Å². The molecule has 1 aliphatic carbocycles. The lowest BCUT2D eigenvalue weighted by Crippen LogP contribution is -2.51. The van der Waals surface area contributed by atoms with Crippen molar-refractivity contribution in [2.24, 2.45) is 10.8 Å². The summed E-state index contributed by atoms with van der Waals surface area (Å²) in [4.78, 5) is 63.3. The summed E-state index contributed by atoms with van der Waals surface area (Å²) in [5.41, 5.74) is 0.635. The molecular formula is C32H39N3O8. The summed E-state index contributed by atoms with van der Waals surface area (Å²) >= 11 is 0. The lowest BCUT2D eigenvalue weighted by Gasteiger charge is -2.46. The van der Waals surface area contributed by atoms with Crippen LogP contribution in [0.2, 0.25) is 0 Å². The van der Waals surface area contributed by atoms with Crippen molar-refractivity contribution in [1.82, 2.24) is 15.5 Å². The molecule has 0 aromatic heterocycles. The first kappa shape index (κ1) is 31.5. The second-order valence-electron chi connectivity index (χ2n) is 12.4. The number of alkyl carbamates (subject to hydrolysis) is 2. The molecule has 3 atom stereocenters. The number of hydrogen-bond donors (Lipinski definition) is 2. The van der Waals surface area contributed by atoms with Crippen LogP contribution in [-0.4, -0.2) is 73.3 Å². The number of esters is 1. The number of hydrogen-bond acceptors (Lipinski definition) is 8. The zero-order chi connectivity index (χ0) is 31.2. The summed E-state index contributed by atoms with van der Waals surface area (Å²) in [5, 5.41) is 5.73. The van der Waals surface area contributed by atoms with Gasteiger partial charge < -0.3 is 24.8 Å². The molecule has 2 N–H and O–H groups in total. The van der Waals surface area contributed by atoms with Crippen LogP contribution in [0.1, 0.15) is 78.0 Å². The van der Waals surface area contributed by atoms with Crippen molar-refractivity contribution in [3.63, 3.8) is 0 Å². The molecule has 3 unspecified atom stereocenters. The van der Waals surface area contributed by atoms with Crippen molar-refractivity contribution in [3.05, 3.63) is 71.3 Å². The first-order valence-electron chi connectivity index (χ1n) is 14.4. The molecule has 0 radical (unpaired) electrons. The molecular weight excluding hydrogens is 554 g/mol. The minimum absolute atomic E-state index is 0.0396. The average molecular weight is 594 g/mol. The smallest absolute Gasteiger partial charge is 0.407 e. The third-order valence-corrected chi connectivity index (χ3v) is 7.62. The molecule has 11 heteroatoms. The van der Waals surface area contributed by atoms with Crippen molar-refractivity contribution < 1.29 is 38.2 Å². The fourth-order valence-corrected chi connectivity index (χ4v) is 6.15. The number of amides is 4. The van der Waals surface area contributed by atoms with Crippen LogP contribution < -0.4 is 10.6 Å². The maximum Gasteiger partial charge on any atom is 0.407 e. The molecule has 1 saturated carbocycles. The summed E-state index contributed by atoms with van der Waals surface area (Å²) in [6, 6.07) is 15.0. The highest BCUT2D eigenvalue weighted by Crippen LogP contribution is 2.45. The van der Waals surface area contributed by atoms with E-state index in [2.05, 4.69) is 24.5 Å². The number of carbonyl (C=O) groups excluding carboxylic acids is 5. The van der Waals surface area contributed by atoms with Gasteiger partial charge in [-0.25, -0.2) is 14.4 Å². The summed E-state index contributed by atoms with van der Waals surface area (Å²) in [7, 11) is 0. The first-order valence-corrected chi connectivity index (χ1v) is 14.4. The molecule has 43 heavy (non-hydrogen) atoms. The Labute approximate surface area is 251 Å². The number of imide groups is 1. The van der Waals surface area contributed by atoms with Gasteiger partial charge in [0, 0.05) is 12.6 Å². The van der Waals surface area contributed by atoms with Crippen molar-refractivity contribution >= 4 is 30.0 Å². The number of rotatable bonds is 10. The second-order valence-corrected chi connectivity index (χ2v) is 12.4. The zero-order valence-electron chi connectivity index (χ0n) is 25.0. The number of benzene rings is 2. The Bertz CT molecular complexity index is 1330. The molecule has 0 spiro atoms. The van der Waals surface area contributed by atoms with Crippen LogP contribution >= 0.6 is 0 Å². The lowest BCUT2D eigenvalue weighted by atomic mass is 9.62. The summed E-state index contributed by atoms with van der Waals surface area (Å²) in [6.07, 6.45) is 0.220. The Morgan fingerprint density at radius 1 is 0.907 bits per heavy atom. The third-order valence-electron chi connectivity index (χ3n) is 7.62. The summed E-state index contributed by atoms with van der Waals surface area (Å²) < 4.78 is 15.9. The number of carbonyl (C=O) groups is 5. The van der Waals surface area contributed by atoms with E-state index in [4.69, 9.17) is 14.2 Å². The van der Waals surface area contributed by atoms with Crippen LogP contribution in [0.4, 0.5) is 9.59 Å². The number of nitrogens with one attached hydrogen (secondary N) is 2. The molecule has 1 aliphatic heterocycles. The van der Waals surface area contributed by atoms with Gasteiger partial charge in [0.05, 0.1) is 23.2 Å². The number of ether oxygens (including phenoxy) is 3. The SMILES string of the molecule is CC(COC(=O)c1ccccc1)OC(=O)NC1CC(C)(C)CC(C)(CNC(=O)OCCN2C(=O)c3ccccc3C2=O)C1. The van der Waals surface area contributed by atoms with Crippen molar-refractivity contribution in [1.29, 1.82) is 0 Å². The highest BCUT2D eigenvalue weighted by atomic mass is 16.6. The van der Waals surface area contributed by atoms with Gasteiger partial charge in [0.1, 0.15) is 19.3 Å². The largest absolute Gasteiger partial charge is 0.458 e. The Balaban J connectivity index is 1.20. The van der Waals surface area contributed by atoms with Crippen molar-refractivity contribution in [2.45, 2.75) is 59.1 Å². The molecule has 11 nitrogen and oxygen atoms in total. The van der Waals surface area contributed by atoms with Gasteiger partial charge in [-0.3, -0.25) is 14.5 Å². The van der Waals surface area contributed by atoms with Crippen LogP contribution in [0.3, 0.4) is 0 Å². The van der Waals surface area contributed by atoms with E-state index in [1.807, 2.05) is 6.92 Å². The maximum absolute atomic E-state index is 12.7. The van der Waals surface area contributed by atoms with Gasteiger partial charge >= 0.3 is 18.2 Å². The maximum atomic E-state index is 12.7. The van der Waals surface area contributed by atoms with Crippen molar-refractivity contribution in [3.8, 4) is 0 Å². The minimum atomic E-state index is -0.649. The Hall–Kier alpha value is -4.41. The molecule has 1 fully saturated rings. The van der Waals surface area contributed by atoms with E-state index < -0.39 is 36.1 Å². The molecule has 4 amide bonds. The van der Waals surface area contributed by atoms with Gasteiger partial charge in [-0.2, -0.15) is 0 Å². The van der Waals surface area contributed by atoms with Crippen LogP contribution in [0.5, 0.6) is 0 Å². The monoisotopic (exact) mass is 593 g/mol. The van der Waals surface area contributed by atoms with E-state index in [9.17, 15) is 24.0 Å². The second kappa shape index (κ2) is 13.3. The Kier molecular flexibility index (Phi) is 9.73. The topological polar surface area (TPSA) is 140 Å². The van der Waals surface area contributed by atoms with Crippen LogP contribution in [-0.2, 0) is 14.2 Å². The first-order chi connectivity index (χ1) is 20.4. The highest BCUT2D eigenvalue weighted by Gasteiger charge is 2.42. The molecule has 230 valence electrons. The normalized spacial score (nSPS) is 21.4. The average Bonchev–Trinajstić information content (AvgIpc) is 3.19. The van der Waals surface area contributed by atoms with Gasteiger partial charge in [0.25, 0.3) is 11.8 Å². The Morgan fingerprint density at radius 2 is 1.53 bits per heavy atom. The van der Waals surface area contributed by atoms with Gasteiger partial charge in [-0.1, -0.05) is 51.1 Å². The van der Waals surface area contributed by atoms with Gasteiger partial charge in [-0.05, 0) is 61.3 Å². The van der Waals surface area contributed by atoms with Crippen LogP contribution in [0, 0.1) is 10.8 Å². The van der Waals surface area contributed by atoms with E-state index in [0.29, 0.717) is 29.7 Å². The van der Waals surface area contributed by atoms with Crippen molar-refractivity contribution in [2.75, 3.05) is 26.3 Å². The molecule has 0 saturated heterocycles. The molecule has 2 aromatic carbocycles. The standard InChI is InChI=1S/C32H39N3O8/c1-21(18-42-28(38)22-10-6-5-7-11-22)43-30(40)34-23-16-31(2,3)19-32(4,17-23)20-33-29(39)41-15-14-35-26(36)24-12-8-9-13-25(24)27(35)37/h5-13,21,23H,14-20H2,1-4H3,(H,33,39)(H,34,40). The molecule has 0 bridgehead atoms. The third kappa shape index (κ3) is 8.33. The summed E-state index contributed by atoms with van der Waals surface area (Å²) in [5.74, 6) is -1.29. The van der Waals surface area contributed by atoms with Gasteiger partial charge in [0.2, 0.25) is 0 Å². The molecule has 2 aromatic rings. The number of nitrogens with zero attached hydrogens (tertiary/aromatic N) is 1. The van der Waals surface area contributed by atoms with E-state index in [0.717, 1.165) is 17.7 Å². The quantitative estimate of drug-likeness (QED) is 0.232. The highest BCUT2D eigenvalue weighted by molar-refractivity contribution is 6.21. The summed E-state index contributed by atoms with van der Waals surface area (Å²) in [6.45, 7) is 7.97. The minimum Gasteiger partial charge on any atom is -0.458 e. The molecule has 4 rings (SSSR count). The fraction of sp³-hybridized carbons (Fsp3) is 0.469. The van der Waals surface area contributed by atoms with E-state index in [-0.39, 0.29) is 36.6 Å². The Morgan fingerprint density at radius 3 is 2.19 bits per heavy atom. The van der Waals surface area contributed by atoms with Crippen LogP contribution in [0.15, 0.2) is 54.6 Å². The molecule has 1 heterocycles. The molecule has 2 aliphatic rings. The van der Waals surface area contributed by atoms with E-state index in [1.165, 1.54) is 0 Å². The van der Waals surface area contributed by atoms with Crippen LogP contribution in [0.25, 0.3) is 0 Å². The fourth-order valence-electron chi connectivity index (χ4n) is 6.15. The van der Waals surface area contributed by atoms with E-state index in [1.54, 1.807) is 61.5 Å². The lowest BCUT2D eigenvalue weighted by molar-refractivity contribution is 0.0181. The number of fused-ring (bicyclic) bond motifs is 1. The zero-order valence-corrected chi connectivity index (χ0v) is 25.0.